The number of urea groups is 4. The van der Waals surface area contributed by atoms with E-state index in [1.165, 1.54) is 28.2 Å². The molecule has 16 heteroatoms. The molecule has 0 aromatic rings. The van der Waals surface area contributed by atoms with Crippen LogP contribution in [0.2, 0.25) is 0 Å². The molecule has 8 atom stereocenters. The SMILES string of the molecule is CC[C@]12[C@H](C(=O)N(C)C(=O)N1C)[C@@H]1C(=O)N(C)C(=O)N(C)[C@@]12CC.CC[C@]12[C@H](C(=O)N(C)C(=O)N1C)[C@@H]1C(=O)N(C)C(=O)N(C)[C@@]12CC. The predicted molar refractivity (Wildman–Crippen MR) is 170 cm³/mol. The lowest BCUT2D eigenvalue weighted by Crippen LogP contribution is -2.94. The molecule has 0 bridgehead atoms. The quantitative estimate of drug-likeness (QED) is 0.430. The molecule has 6 rings (SSSR count). The second-order valence-electron chi connectivity index (χ2n) is 14.0. The van der Waals surface area contributed by atoms with Gasteiger partial charge in [0.25, 0.3) is 0 Å². The van der Waals surface area contributed by atoms with Crippen LogP contribution < -0.4 is 0 Å². The lowest BCUT2D eigenvalue weighted by atomic mass is 9.41. The summed E-state index contributed by atoms with van der Waals surface area (Å²) in [5, 5.41) is 0. The third-order valence-corrected chi connectivity index (χ3v) is 13.5. The minimum absolute atomic E-state index is 0.335. The molecule has 6 fully saturated rings. The molecule has 6 aliphatic rings. The maximum Gasteiger partial charge on any atom is 0.326 e. The fourth-order valence-electron chi connectivity index (χ4n) is 11.2. The largest absolute Gasteiger partial charge is 0.326 e. The lowest BCUT2D eigenvalue weighted by molar-refractivity contribution is -0.233. The third kappa shape index (κ3) is 3.27. The predicted octanol–water partition coefficient (Wildman–Crippen LogP) is 1.16. The molecule has 0 N–H and O–H groups in total. The number of carbonyl (C=O) groups is 8. The van der Waals surface area contributed by atoms with Gasteiger partial charge in [-0.15, -0.1) is 0 Å². The molecule has 0 radical (unpaired) electrons. The van der Waals surface area contributed by atoms with Gasteiger partial charge in [0.15, 0.2) is 0 Å². The van der Waals surface area contributed by atoms with Crippen LogP contribution in [0.4, 0.5) is 19.2 Å². The van der Waals surface area contributed by atoms with E-state index in [1.54, 1.807) is 47.8 Å². The van der Waals surface area contributed by atoms with E-state index >= 15 is 0 Å². The molecule has 264 valence electrons. The van der Waals surface area contributed by atoms with Crippen molar-refractivity contribution < 1.29 is 38.4 Å². The minimum atomic E-state index is -0.853. The number of rotatable bonds is 4. The highest BCUT2D eigenvalue weighted by Gasteiger charge is 2.84. The molecule has 12 amide bonds. The summed E-state index contributed by atoms with van der Waals surface area (Å²) in [6.45, 7) is 7.63. The number of nitrogens with zero attached hydrogens (tertiary/aromatic N) is 8. The van der Waals surface area contributed by atoms with Gasteiger partial charge in [-0.25, -0.2) is 19.2 Å². The van der Waals surface area contributed by atoms with Crippen LogP contribution in [0, 0.1) is 23.7 Å². The minimum Gasteiger partial charge on any atom is -0.318 e. The van der Waals surface area contributed by atoms with Crippen LogP contribution in [0.5, 0.6) is 0 Å². The first-order valence-corrected chi connectivity index (χ1v) is 16.5. The Morgan fingerprint density at radius 1 is 0.354 bits per heavy atom. The van der Waals surface area contributed by atoms with Gasteiger partial charge in [0, 0.05) is 56.4 Å². The van der Waals surface area contributed by atoms with Crippen LogP contribution in [-0.4, -0.2) is 165 Å². The maximum absolute atomic E-state index is 12.9. The van der Waals surface area contributed by atoms with Gasteiger partial charge in [-0.05, 0) is 25.7 Å². The Hall–Kier alpha value is -4.24. The highest BCUT2D eigenvalue weighted by molar-refractivity contribution is 6.10. The molecule has 2 saturated carbocycles. The van der Waals surface area contributed by atoms with Crippen molar-refractivity contribution in [3.63, 3.8) is 0 Å². The molecular weight excluding hydrogens is 624 g/mol. The van der Waals surface area contributed by atoms with Crippen molar-refractivity contribution in [3.05, 3.63) is 0 Å². The van der Waals surface area contributed by atoms with Gasteiger partial charge >= 0.3 is 24.1 Å². The fourth-order valence-corrected chi connectivity index (χ4v) is 11.2. The van der Waals surface area contributed by atoms with Crippen molar-refractivity contribution in [1.29, 1.82) is 0 Å². The summed E-state index contributed by atoms with van der Waals surface area (Å²) in [6, 6.07) is -1.57. The number of amides is 12. The second-order valence-corrected chi connectivity index (χ2v) is 14.0. The van der Waals surface area contributed by atoms with Crippen LogP contribution in [-0.2, 0) is 19.2 Å². The Labute approximate surface area is 280 Å². The average Bonchev–Trinajstić information content (AvgIpc) is 3.06. The van der Waals surface area contributed by atoms with Crippen molar-refractivity contribution in [2.75, 3.05) is 56.4 Å². The van der Waals surface area contributed by atoms with Crippen molar-refractivity contribution in [2.24, 2.45) is 23.7 Å². The zero-order chi connectivity index (χ0) is 36.4. The molecule has 4 aliphatic heterocycles. The van der Waals surface area contributed by atoms with Crippen molar-refractivity contribution in [2.45, 2.75) is 75.5 Å². The number of fused-ring (bicyclic) bond motifs is 8. The molecule has 0 unspecified atom stereocenters. The van der Waals surface area contributed by atoms with E-state index in [9.17, 15) is 38.4 Å². The number of hydrogen-bond donors (Lipinski definition) is 0. The lowest BCUT2D eigenvalue weighted by Gasteiger charge is -2.75. The molecule has 4 heterocycles. The summed E-state index contributed by atoms with van der Waals surface area (Å²) in [5.74, 6) is -3.84. The monoisotopic (exact) mass is 672 g/mol. The van der Waals surface area contributed by atoms with Gasteiger partial charge in [0.2, 0.25) is 23.6 Å². The van der Waals surface area contributed by atoms with Crippen molar-refractivity contribution >= 4 is 47.8 Å². The zero-order valence-electron chi connectivity index (χ0n) is 30.0. The number of imide groups is 4. The molecule has 0 aromatic heterocycles. The smallest absolute Gasteiger partial charge is 0.318 e. The third-order valence-electron chi connectivity index (χ3n) is 13.5. The van der Waals surface area contributed by atoms with E-state index in [0.29, 0.717) is 25.7 Å². The zero-order valence-corrected chi connectivity index (χ0v) is 30.0. The second kappa shape index (κ2) is 10.6. The molecule has 48 heavy (non-hydrogen) atoms. The topological polar surface area (TPSA) is 162 Å². The van der Waals surface area contributed by atoms with Gasteiger partial charge in [-0.3, -0.25) is 38.8 Å². The Kier molecular flexibility index (Phi) is 7.77. The van der Waals surface area contributed by atoms with Gasteiger partial charge in [-0.2, -0.15) is 0 Å². The van der Waals surface area contributed by atoms with Crippen LogP contribution in [0.3, 0.4) is 0 Å². The number of likely N-dealkylation sites (N-methyl/N-ethyl adjacent to an activating group) is 4. The maximum atomic E-state index is 12.9. The van der Waals surface area contributed by atoms with E-state index in [4.69, 9.17) is 0 Å². The van der Waals surface area contributed by atoms with Crippen LogP contribution >= 0.6 is 0 Å². The van der Waals surface area contributed by atoms with Gasteiger partial charge < -0.3 is 19.6 Å². The van der Waals surface area contributed by atoms with Crippen LogP contribution in [0.15, 0.2) is 0 Å². The molecule has 16 nitrogen and oxygen atoms in total. The molecule has 0 spiro atoms. The van der Waals surface area contributed by atoms with E-state index in [0.717, 1.165) is 19.6 Å². The summed E-state index contributed by atoms with van der Waals surface area (Å²) < 4.78 is 0. The standard InChI is InChI=1S/2C16H24N4O4/c2*1-7-15-9(11(21)17(3)13(23)19(15)5)10-12(22)18(4)14(24)20(6)16(10,15)8-2/h2*9-10H,7-8H2,1-6H3/t2*9-,10+,15+,16-. The summed E-state index contributed by atoms with van der Waals surface area (Å²) in [4.78, 5) is 112. The summed E-state index contributed by atoms with van der Waals surface area (Å²) in [6.07, 6.45) is 1.99. The first-order valence-electron chi connectivity index (χ1n) is 16.5. The van der Waals surface area contributed by atoms with E-state index in [-0.39, 0.29) is 23.6 Å². The molecule has 2 aliphatic carbocycles. The van der Waals surface area contributed by atoms with Crippen LogP contribution in [0.1, 0.15) is 53.4 Å². The van der Waals surface area contributed by atoms with Crippen molar-refractivity contribution in [1.82, 2.24) is 39.2 Å². The highest BCUT2D eigenvalue weighted by atomic mass is 16.2. The van der Waals surface area contributed by atoms with E-state index < -0.39 is 70.0 Å². The van der Waals surface area contributed by atoms with Crippen molar-refractivity contribution in [3.8, 4) is 0 Å². The summed E-state index contributed by atoms with van der Waals surface area (Å²) in [7, 11) is 12.4. The van der Waals surface area contributed by atoms with Gasteiger partial charge in [0.05, 0.1) is 45.8 Å². The first-order chi connectivity index (χ1) is 22.3. The summed E-state index contributed by atoms with van der Waals surface area (Å²) in [5.41, 5.74) is -3.41. The Morgan fingerprint density at radius 2 is 0.500 bits per heavy atom. The fraction of sp³-hybridized carbons (Fsp3) is 0.750. The first kappa shape index (κ1) is 35.1. The normalized spacial score (nSPS) is 39.1. The Balaban J connectivity index is 0.000000188. The highest BCUT2D eigenvalue weighted by Crippen LogP contribution is 2.66. The average molecular weight is 673 g/mol. The summed E-state index contributed by atoms with van der Waals surface area (Å²) >= 11 is 0. The van der Waals surface area contributed by atoms with Gasteiger partial charge in [0.1, 0.15) is 0 Å². The van der Waals surface area contributed by atoms with E-state index in [2.05, 4.69) is 0 Å². The van der Waals surface area contributed by atoms with Gasteiger partial charge in [-0.1, -0.05) is 27.7 Å². The molecule has 0 aromatic carbocycles. The molecular formula is C32H48N8O8. The number of hydrogen-bond acceptors (Lipinski definition) is 8. The molecule has 4 saturated heterocycles. The Morgan fingerprint density at radius 3 is 0.625 bits per heavy atom. The van der Waals surface area contributed by atoms with Crippen LogP contribution in [0.25, 0.3) is 0 Å². The Bertz CT molecular complexity index is 1330. The number of carbonyl (C=O) groups excluding carboxylic acids is 8. The van der Waals surface area contributed by atoms with E-state index in [1.807, 2.05) is 27.7 Å².